The van der Waals surface area contributed by atoms with Crippen LogP contribution in [-0.2, 0) is 7.05 Å². The zero-order valence-corrected chi connectivity index (χ0v) is 14.0. The van der Waals surface area contributed by atoms with E-state index in [0.29, 0.717) is 22.6 Å². The molecule has 0 radical (unpaired) electrons. The second-order valence-corrected chi connectivity index (χ2v) is 5.64. The maximum atomic E-state index is 12.6. The highest BCUT2D eigenvalue weighted by Gasteiger charge is 2.16. The lowest BCUT2D eigenvalue weighted by atomic mass is 10.2. The molecule has 0 aliphatic carbocycles. The van der Waals surface area contributed by atoms with Gasteiger partial charge in [-0.25, -0.2) is 0 Å². The molecule has 0 unspecified atom stereocenters. The molecular weight excluding hydrogens is 316 g/mol. The normalized spacial score (nSPS) is 11.0. The smallest absolute Gasteiger partial charge is 0.276 e. The van der Waals surface area contributed by atoms with E-state index in [1.807, 2.05) is 31.2 Å². The number of benzene rings is 2. The Labute approximate surface area is 145 Å². The lowest BCUT2D eigenvalue weighted by molar-refractivity contribution is 0.101. The fourth-order valence-corrected chi connectivity index (χ4v) is 2.43. The zero-order valence-electron chi connectivity index (χ0n) is 14.0. The van der Waals surface area contributed by atoms with Gasteiger partial charge in [0.1, 0.15) is 11.4 Å². The van der Waals surface area contributed by atoms with Crippen molar-refractivity contribution >= 4 is 23.5 Å². The predicted octanol–water partition coefficient (Wildman–Crippen LogP) is 3.44. The van der Waals surface area contributed by atoms with E-state index in [9.17, 15) is 9.90 Å². The van der Waals surface area contributed by atoms with Crippen LogP contribution < -0.4 is 5.32 Å². The van der Waals surface area contributed by atoms with Gasteiger partial charge in [0.05, 0.1) is 6.20 Å². The lowest BCUT2D eigenvalue weighted by Gasteiger charge is -2.07. The van der Waals surface area contributed by atoms with E-state index in [-0.39, 0.29) is 11.7 Å². The van der Waals surface area contributed by atoms with Crippen molar-refractivity contribution in [2.75, 3.05) is 5.32 Å². The Balaban J connectivity index is 1.86. The van der Waals surface area contributed by atoms with Crippen molar-refractivity contribution < 1.29 is 9.90 Å². The fraction of sp³-hybridized carbons (Fsp3) is 0.105. The number of rotatable bonds is 4. The first kappa shape index (κ1) is 16.4. The van der Waals surface area contributed by atoms with Gasteiger partial charge in [-0.05, 0) is 36.8 Å². The Morgan fingerprint density at radius 3 is 2.80 bits per heavy atom. The van der Waals surface area contributed by atoms with Crippen LogP contribution in [0.4, 0.5) is 11.4 Å². The summed E-state index contributed by atoms with van der Waals surface area (Å²) >= 11 is 0. The Morgan fingerprint density at radius 2 is 2.04 bits per heavy atom. The number of carbonyl (C=O) groups is 1. The van der Waals surface area contributed by atoms with Gasteiger partial charge in [-0.3, -0.25) is 14.5 Å². The largest absolute Gasteiger partial charge is 0.507 e. The predicted molar refractivity (Wildman–Crippen MR) is 97.7 cm³/mol. The fourth-order valence-electron chi connectivity index (χ4n) is 2.43. The zero-order chi connectivity index (χ0) is 17.8. The summed E-state index contributed by atoms with van der Waals surface area (Å²) in [5, 5.41) is 16.8. The molecule has 1 aromatic heterocycles. The molecule has 25 heavy (non-hydrogen) atoms. The highest BCUT2D eigenvalue weighted by Crippen LogP contribution is 2.21. The third kappa shape index (κ3) is 3.74. The number of para-hydroxylation sites is 1. The number of aryl methyl sites for hydroxylation is 2. The van der Waals surface area contributed by atoms with Crippen molar-refractivity contribution in [3.05, 3.63) is 71.5 Å². The lowest BCUT2D eigenvalue weighted by Crippen LogP contribution is -2.16. The number of carbonyl (C=O) groups excluding carboxylic acids is 1. The first-order valence-corrected chi connectivity index (χ1v) is 7.76. The highest BCUT2D eigenvalue weighted by molar-refractivity contribution is 6.06. The van der Waals surface area contributed by atoms with Crippen molar-refractivity contribution in [1.29, 1.82) is 0 Å². The molecule has 0 fully saturated rings. The molecule has 0 aliphatic heterocycles. The summed E-state index contributed by atoms with van der Waals surface area (Å²) in [6, 6.07) is 14.4. The van der Waals surface area contributed by atoms with E-state index in [1.165, 1.54) is 17.1 Å². The molecule has 0 bridgehead atoms. The summed E-state index contributed by atoms with van der Waals surface area (Å²) in [5.41, 5.74) is 3.10. The number of amides is 1. The highest BCUT2D eigenvalue weighted by atomic mass is 16.3. The molecule has 0 spiro atoms. The number of nitrogens with zero attached hydrogens (tertiary/aromatic N) is 3. The van der Waals surface area contributed by atoms with E-state index in [0.717, 1.165) is 5.56 Å². The van der Waals surface area contributed by atoms with Crippen LogP contribution in [0.1, 0.15) is 21.6 Å². The van der Waals surface area contributed by atoms with Gasteiger partial charge in [-0.2, -0.15) is 5.10 Å². The summed E-state index contributed by atoms with van der Waals surface area (Å²) in [7, 11) is 1.68. The molecular formula is C19H18N4O2. The third-order valence-corrected chi connectivity index (χ3v) is 3.69. The van der Waals surface area contributed by atoms with Crippen LogP contribution in [0.25, 0.3) is 0 Å². The number of phenols is 1. The van der Waals surface area contributed by atoms with Gasteiger partial charge >= 0.3 is 0 Å². The molecule has 0 atom stereocenters. The number of anilines is 1. The Hall–Kier alpha value is -3.41. The van der Waals surface area contributed by atoms with E-state index < -0.39 is 0 Å². The average Bonchev–Trinajstić information content (AvgIpc) is 2.95. The van der Waals surface area contributed by atoms with E-state index in [1.54, 1.807) is 31.3 Å². The summed E-state index contributed by atoms with van der Waals surface area (Å²) in [4.78, 5) is 16.9. The van der Waals surface area contributed by atoms with Crippen LogP contribution >= 0.6 is 0 Å². The molecule has 1 amide bonds. The van der Waals surface area contributed by atoms with Crippen LogP contribution in [0.2, 0.25) is 0 Å². The quantitative estimate of drug-likeness (QED) is 0.717. The molecule has 6 nitrogen and oxygen atoms in total. The summed E-state index contributed by atoms with van der Waals surface area (Å²) in [6.07, 6.45) is 3.03. The number of phenolic OH excluding ortho intramolecular Hbond substituents is 1. The minimum absolute atomic E-state index is 0.126. The minimum Gasteiger partial charge on any atom is -0.507 e. The van der Waals surface area contributed by atoms with Gasteiger partial charge in [-0.15, -0.1) is 0 Å². The van der Waals surface area contributed by atoms with Gasteiger partial charge in [0.15, 0.2) is 5.69 Å². The monoisotopic (exact) mass is 334 g/mol. The Bertz CT molecular complexity index is 944. The second-order valence-electron chi connectivity index (χ2n) is 5.64. The first-order valence-electron chi connectivity index (χ1n) is 7.76. The van der Waals surface area contributed by atoms with Gasteiger partial charge in [-0.1, -0.05) is 24.3 Å². The van der Waals surface area contributed by atoms with Gasteiger partial charge < -0.3 is 10.4 Å². The van der Waals surface area contributed by atoms with Gasteiger partial charge in [0.25, 0.3) is 5.91 Å². The van der Waals surface area contributed by atoms with Crippen LogP contribution in [0, 0.1) is 6.92 Å². The Kier molecular flexibility index (Phi) is 4.61. The van der Waals surface area contributed by atoms with Crippen LogP contribution in [-0.4, -0.2) is 27.0 Å². The second kappa shape index (κ2) is 7.00. The van der Waals surface area contributed by atoms with Crippen LogP contribution in [0.5, 0.6) is 5.75 Å². The summed E-state index contributed by atoms with van der Waals surface area (Å²) < 4.78 is 1.47. The molecule has 2 N–H and O–H groups in total. The first-order chi connectivity index (χ1) is 12.0. The molecule has 0 saturated carbocycles. The van der Waals surface area contributed by atoms with Crippen LogP contribution in [0.3, 0.4) is 0 Å². The molecule has 2 aromatic carbocycles. The Morgan fingerprint density at radius 1 is 1.24 bits per heavy atom. The standard InChI is InChI=1S/C19H18N4O2/c1-13-6-5-8-15(10-13)22-19(25)18-16(12-21-23(18)2)20-11-14-7-3-4-9-17(14)24/h3-12,24H,1-2H3,(H,22,25). The maximum Gasteiger partial charge on any atom is 0.276 e. The molecule has 126 valence electrons. The third-order valence-electron chi connectivity index (χ3n) is 3.69. The maximum absolute atomic E-state index is 12.6. The van der Waals surface area contributed by atoms with Crippen molar-refractivity contribution in [3.8, 4) is 5.75 Å². The molecule has 3 rings (SSSR count). The molecule has 6 heteroatoms. The summed E-state index contributed by atoms with van der Waals surface area (Å²) in [5.74, 6) is -0.170. The SMILES string of the molecule is Cc1cccc(NC(=O)c2c(N=Cc3ccccc3O)cnn2C)c1. The topological polar surface area (TPSA) is 79.5 Å². The minimum atomic E-state index is -0.296. The number of hydrogen-bond donors (Lipinski definition) is 2. The molecule has 3 aromatic rings. The van der Waals surface area contributed by atoms with Crippen molar-refractivity contribution in [3.63, 3.8) is 0 Å². The van der Waals surface area contributed by atoms with Crippen molar-refractivity contribution in [2.24, 2.45) is 12.0 Å². The molecule has 1 heterocycles. The number of aromatic nitrogens is 2. The van der Waals surface area contributed by atoms with Gasteiger partial charge in [0.2, 0.25) is 0 Å². The van der Waals surface area contributed by atoms with E-state index >= 15 is 0 Å². The molecule has 0 saturated heterocycles. The van der Waals surface area contributed by atoms with E-state index in [4.69, 9.17) is 0 Å². The van der Waals surface area contributed by atoms with Crippen molar-refractivity contribution in [2.45, 2.75) is 6.92 Å². The summed E-state index contributed by atoms with van der Waals surface area (Å²) in [6.45, 7) is 1.96. The van der Waals surface area contributed by atoms with Crippen molar-refractivity contribution in [1.82, 2.24) is 9.78 Å². The number of hydrogen-bond acceptors (Lipinski definition) is 4. The van der Waals surface area contributed by atoms with Gasteiger partial charge in [0, 0.05) is 24.5 Å². The molecule has 0 aliphatic rings. The van der Waals surface area contributed by atoms with E-state index in [2.05, 4.69) is 15.4 Å². The number of aromatic hydroxyl groups is 1. The number of aliphatic imine (C=N–C) groups is 1. The van der Waals surface area contributed by atoms with Crippen LogP contribution in [0.15, 0.2) is 59.7 Å². The number of nitrogens with one attached hydrogen (secondary N) is 1. The average molecular weight is 334 g/mol.